The van der Waals surface area contributed by atoms with Gasteiger partial charge in [0.15, 0.2) is 0 Å². The van der Waals surface area contributed by atoms with Crippen molar-refractivity contribution in [2.24, 2.45) is 23.2 Å². The van der Waals surface area contributed by atoms with E-state index in [1.54, 1.807) is 0 Å². The van der Waals surface area contributed by atoms with E-state index in [0.29, 0.717) is 11.3 Å². The van der Waals surface area contributed by atoms with Gasteiger partial charge in [0, 0.05) is 19.8 Å². The third kappa shape index (κ3) is 2.98. The monoisotopic (exact) mass is 225 g/mol. The molecule has 0 aromatic rings. The van der Waals surface area contributed by atoms with Gasteiger partial charge in [-0.05, 0) is 55.9 Å². The zero-order chi connectivity index (χ0) is 11.6. The Balaban J connectivity index is 1.71. The van der Waals surface area contributed by atoms with Crippen LogP contribution in [0.4, 0.5) is 0 Å². The predicted molar refractivity (Wildman–Crippen MR) is 67.5 cm³/mol. The first kappa shape index (κ1) is 12.4. The average Bonchev–Trinajstić information content (AvgIpc) is 2.83. The third-order valence-corrected chi connectivity index (χ3v) is 4.24. The molecule has 2 unspecified atom stereocenters. The third-order valence-electron chi connectivity index (χ3n) is 4.24. The maximum absolute atomic E-state index is 5.75. The highest BCUT2D eigenvalue weighted by atomic mass is 16.5. The Morgan fingerprint density at radius 3 is 2.56 bits per heavy atom. The van der Waals surface area contributed by atoms with Crippen LogP contribution in [0, 0.1) is 23.2 Å². The Morgan fingerprint density at radius 1 is 1.31 bits per heavy atom. The first-order chi connectivity index (χ1) is 7.65. The molecule has 2 saturated carbocycles. The first-order valence-corrected chi connectivity index (χ1v) is 6.87. The van der Waals surface area contributed by atoms with Crippen LogP contribution in [0.15, 0.2) is 0 Å². The van der Waals surface area contributed by atoms with Crippen molar-refractivity contribution in [2.45, 2.75) is 39.5 Å². The lowest BCUT2D eigenvalue weighted by Crippen LogP contribution is -2.32. The molecule has 2 heteroatoms. The van der Waals surface area contributed by atoms with Gasteiger partial charge in [0.25, 0.3) is 0 Å². The van der Waals surface area contributed by atoms with Gasteiger partial charge in [-0.1, -0.05) is 13.8 Å². The van der Waals surface area contributed by atoms with Gasteiger partial charge in [-0.2, -0.15) is 0 Å². The molecule has 2 atom stereocenters. The lowest BCUT2D eigenvalue weighted by molar-refractivity contribution is 0.0736. The van der Waals surface area contributed by atoms with Gasteiger partial charge in [0.2, 0.25) is 0 Å². The summed E-state index contributed by atoms with van der Waals surface area (Å²) in [6.07, 6.45) is 5.67. The summed E-state index contributed by atoms with van der Waals surface area (Å²) in [7, 11) is 2.08. The summed E-state index contributed by atoms with van der Waals surface area (Å²) < 4.78 is 5.75. The minimum atomic E-state index is 0.569. The summed E-state index contributed by atoms with van der Waals surface area (Å²) in [5.41, 5.74) is 0.569. The molecule has 2 rings (SSSR count). The van der Waals surface area contributed by atoms with Crippen LogP contribution in [-0.2, 0) is 4.74 Å². The second kappa shape index (κ2) is 5.05. The van der Waals surface area contributed by atoms with Gasteiger partial charge in [0.05, 0.1) is 0 Å². The highest BCUT2D eigenvalue weighted by molar-refractivity contribution is 5.03. The zero-order valence-electron chi connectivity index (χ0n) is 11.1. The first-order valence-electron chi connectivity index (χ1n) is 6.87. The summed E-state index contributed by atoms with van der Waals surface area (Å²) in [4.78, 5) is 0. The van der Waals surface area contributed by atoms with Crippen LogP contribution >= 0.6 is 0 Å². The van der Waals surface area contributed by atoms with Crippen LogP contribution in [0.2, 0.25) is 0 Å². The Labute approximate surface area is 100 Å². The molecule has 16 heavy (non-hydrogen) atoms. The van der Waals surface area contributed by atoms with Crippen LogP contribution in [0.1, 0.15) is 39.5 Å². The molecule has 0 spiro atoms. The highest BCUT2D eigenvalue weighted by Crippen LogP contribution is 2.60. The van der Waals surface area contributed by atoms with E-state index in [9.17, 15) is 0 Å². The van der Waals surface area contributed by atoms with Gasteiger partial charge >= 0.3 is 0 Å². The van der Waals surface area contributed by atoms with E-state index in [4.69, 9.17) is 4.74 Å². The number of rotatable bonds is 7. The SMILES string of the molecule is CNCC1(CCOCC(C)C)CC2CC2C1. The van der Waals surface area contributed by atoms with Crippen molar-refractivity contribution in [3.05, 3.63) is 0 Å². The van der Waals surface area contributed by atoms with Gasteiger partial charge < -0.3 is 10.1 Å². The van der Waals surface area contributed by atoms with Crippen LogP contribution in [0.25, 0.3) is 0 Å². The Hall–Kier alpha value is -0.0800. The van der Waals surface area contributed by atoms with Crippen molar-refractivity contribution in [2.75, 3.05) is 26.8 Å². The van der Waals surface area contributed by atoms with E-state index in [1.165, 1.54) is 32.2 Å². The number of fused-ring (bicyclic) bond motifs is 1. The maximum atomic E-state index is 5.75. The molecule has 0 amide bonds. The van der Waals surface area contributed by atoms with E-state index in [1.807, 2.05) is 0 Å². The standard InChI is InChI=1S/C14H27NO/c1-11(2)9-16-5-4-14(10-15-3)7-12-6-13(12)8-14/h11-13,15H,4-10H2,1-3H3. The number of ether oxygens (including phenoxy) is 1. The number of hydrogen-bond acceptors (Lipinski definition) is 2. The van der Waals surface area contributed by atoms with Gasteiger partial charge in [-0.3, -0.25) is 0 Å². The lowest BCUT2D eigenvalue weighted by atomic mass is 9.80. The summed E-state index contributed by atoms with van der Waals surface area (Å²) in [6, 6.07) is 0. The van der Waals surface area contributed by atoms with E-state index in [0.717, 1.165) is 25.0 Å². The quantitative estimate of drug-likeness (QED) is 0.673. The van der Waals surface area contributed by atoms with Crippen LogP contribution < -0.4 is 5.32 Å². The summed E-state index contributed by atoms with van der Waals surface area (Å²) in [6.45, 7) is 7.50. The van der Waals surface area contributed by atoms with Crippen LogP contribution in [0.5, 0.6) is 0 Å². The van der Waals surface area contributed by atoms with E-state index in [-0.39, 0.29) is 0 Å². The highest BCUT2D eigenvalue weighted by Gasteiger charge is 2.52. The molecule has 0 saturated heterocycles. The number of nitrogens with one attached hydrogen (secondary N) is 1. The molecule has 0 bridgehead atoms. The molecule has 2 fully saturated rings. The van der Waals surface area contributed by atoms with Crippen LogP contribution in [0.3, 0.4) is 0 Å². The summed E-state index contributed by atoms with van der Waals surface area (Å²) >= 11 is 0. The van der Waals surface area contributed by atoms with E-state index >= 15 is 0 Å². The minimum absolute atomic E-state index is 0.569. The fourth-order valence-electron chi connectivity index (χ4n) is 3.43. The normalized spacial score (nSPS) is 36.8. The van der Waals surface area contributed by atoms with E-state index < -0.39 is 0 Å². The molecular weight excluding hydrogens is 198 g/mol. The molecule has 2 nitrogen and oxygen atoms in total. The molecule has 1 N–H and O–H groups in total. The molecular formula is C14H27NO. The van der Waals surface area contributed by atoms with Crippen LogP contribution in [-0.4, -0.2) is 26.8 Å². The Morgan fingerprint density at radius 2 is 2.00 bits per heavy atom. The Kier molecular flexibility index (Phi) is 3.91. The number of hydrogen-bond donors (Lipinski definition) is 1. The fourth-order valence-corrected chi connectivity index (χ4v) is 3.43. The van der Waals surface area contributed by atoms with Crippen molar-refractivity contribution >= 4 is 0 Å². The van der Waals surface area contributed by atoms with Gasteiger partial charge in [0.1, 0.15) is 0 Å². The van der Waals surface area contributed by atoms with Crippen molar-refractivity contribution in [1.82, 2.24) is 5.32 Å². The second-order valence-corrected chi connectivity index (χ2v) is 6.41. The topological polar surface area (TPSA) is 21.3 Å². The van der Waals surface area contributed by atoms with Crippen molar-refractivity contribution < 1.29 is 4.74 Å². The minimum Gasteiger partial charge on any atom is -0.381 e. The molecule has 0 heterocycles. The van der Waals surface area contributed by atoms with Crippen molar-refractivity contribution in [3.63, 3.8) is 0 Å². The largest absolute Gasteiger partial charge is 0.381 e. The maximum Gasteiger partial charge on any atom is 0.0488 e. The van der Waals surface area contributed by atoms with Crippen molar-refractivity contribution in [1.29, 1.82) is 0 Å². The molecule has 0 aromatic heterocycles. The summed E-state index contributed by atoms with van der Waals surface area (Å²) in [5.74, 6) is 2.80. The summed E-state index contributed by atoms with van der Waals surface area (Å²) in [5, 5.41) is 3.39. The predicted octanol–water partition coefficient (Wildman–Crippen LogP) is 2.68. The van der Waals surface area contributed by atoms with E-state index in [2.05, 4.69) is 26.2 Å². The second-order valence-electron chi connectivity index (χ2n) is 6.41. The smallest absolute Gasteiger partial charge is 0.0488 e. The fraction of sp³-hybridized carbons (Fsp3) is 1.00. The molecule has 0 radical (unpaired) electrons. The molecule has 2 aliphatic rings. The zero-order valence-corrected chi connectivity index (χ0v) is 11.1. The molecule has 2 aliphatic carbocycles. The average molecular weight is 225 g/mol. The molecule has 0 aliphatic heterocycles. The molecule has 0 aromatic carbocycles. The van der Waals surface area contributed by atoms with Gasteiger partial charge in [-0.15, -0.1) is 0 Å². The van der Waals surface area contributed by atoms with Gasteiger partial charge in [-0.25, -0.2) is 0 Å². The lowest BCUT2D eigenvalue weighted by Gasteiger charge is -2.30. The van der Waals surface area contributed by atoms with Crippen molar-refractivity contribution in [3.8, 4) is 0 Å². The molecule has 94 valence electrons. The Bertz CT molecular complexity index is 217.